The van der Waals surface area contributed by atoms with Crippen molar-refractivity contribution >= 4 is 11.9 Å². The second kappa shape index (κ2) is 5.51. The van der Waals surface area contributed by atoms with Crippen molar-refractivity contribution in [3.05, 3.63) is 0 Å². The summed E-state index contributed by atoms with van der Waals surface area (Å²) in [6.45, 7) is 4.59. The van der Waals surface area contributed by atoms with E-state index in [9.17, 15) is 9.59 Å². The molecule has 19 heavy (non-hydrogen) atoms. The van der Waals surface area contributed by atoms with Gasteiger partial charge in [0.15, 0.2) is 0 Å². The van der Waals surface area contributed by atoms with Gasteiger partial charge >= 0.3 is 5.97 Å². The van der Waals surface area contributed by atoms with E-state index in [-0.39, 0.29) is 17.9 Å². The predicted octanol–water partition coefficient (Wildman–Crippen LogP) is 2.57. The molecule has 0 unspecified atom stereocenters. The van der Waals surface area contributed by atoms with E-state index in [4.69, 9.17) is 5.11 Å². The van der Waals surface area contributed by atoms with Crippen LogP contribution in [-0.4, -0.2) is 23.0 Å². The number of hydrogen-bond donors (Lipinski definition) is 2. The smallest absolute Gasteiger partial charge is 0.306 e. The van der Waals surface area contributed by atoms with E-state index in [1.165, 1.54) is 12.8 Å². The number of carboxylic acid groups (broad SMARTS) is 1. The van der Waals surface area contributed by atoms with Gasteiger partial charge in [-0.3, -0.25) is 9.59 Å². The molecule has 0 heterocycles. The van der Waals surface area contributed by atoms with E-state index >= 15 is 0 Å². The van der Waals surface area contributed by atoms with E-state index in [2.05, 4.69) is 19.2 Å². The van der Waals surface area contributed by atoms with Crippen LogP contribution in [0.4, 0.5) is 0 Å². The molecule has 0 radical (unpaired) electrons. The number of carbonyl (C=O) groups excluding carboxylic acids is 1. The van der Waals surface area contributed by atoms with Gasteiger partial charge in [0.05, 0.1) is 5.92 Å². The lowest BCUT2D eigenvalue weighted by atomic mass is 9.72. The fourth-order valence-corrected chi connectivity index (χ4v) is 3.15. The van der Waals surface area contributed by atoms with Crippen LogP contribution in [0.5, 0.6) is 0 Å². The average molecular weight is 267 g/mol. The molecule has 4 heteroatoms. The Morgan fingerprint density at radius 2 is 1.79 bits per heavy atom. The van der Waals surface area contributed by atoms with Crippen LogP contribution in [-0.2, 0) is 9.59 Å². The lowest BCUT2D eigenvalue weighted by Crippen LogP contribution is -2.47. The third-order valence-electron chi connectivity index (χ3n) is 4.79. The summed E-state index contributed by atoms with van der Waals surface area (Å²) in [6, 6.07) is 0.0913. The van der Waals surface area contributed by atoms with Crippen molar-refractivity contribution < 1.29 is 14.7 Å². The van der Waals surface area contributed by atoms with Crippen LogP contribution < -0.4 is 5.32 Å². The molecular weight excluding hydrogens is 242 g/mol. The van der Waals surface area contributed by atoms with E-state index < -0.39 is 5.97 Å². The molecule has 1 amide bonds. The third-order valence-corrected chi connectivity index (χ3v) is 4.79. The molecule has 2 saturated carbocycles. The highest BCUT2D eigenvalue weighted by Gasteiger charge is 2.35. The van der Waals surface area contributed by atoms with E-state index in [1.54, 1.807) is 0 Å². The van der Waals surface area contributed by atoms with Gasteiger partial charge in [-0.1, -0.05) is 13.8 Å². The van der Waals surface area contributed by atoms with Gasteiger partial charge in [0.1, 0.15) is 0 Å². The highest BCUT2D eigenvalue weighted by molar-refractivity contribution is 5.77. The molecule has 0 aromatic heterocycles. The molecule has 2 fully saturated rings. The van der Waals surface area contributed by atoms with Gasteiger partial charge in [0, 0.05) is 12.5 Å². The van der Waals surface area contributed by atoms with Crippen molar-refractivity contribution in [2.45, 2.75) is 64.8 Å². The molecular formula is C15H25NO3. The maximum atomic E-state index is 11.9. The molecule has 0 aromatic rings. The molecule has 0 saturated heterocycles. The van der Waals surface area contributed by atoms with Crippen LogP contribution >= 0.6 is 0 Å². The molecule has 0 aromatic carbocycles. The van der Waals surface area contributed by atoms with Crippen molar-refractivity contribution in [2.24, 2.45) is 17.3 Å². The largest absolute Gasteiger partial charge is 0.481 e. The summed E-state index contributed by atoms with van der Waals surface area (Å²) in [6.07, 6.45) is 6.50. The number of carboxylic acids is 1. The Balaban J connectivity index is 1.65. The second-order valence-corrected chi connectivity index (χ2v) is 7.08. The first-order valence-corrected chi connectivity index (χ1v) is 7.38. The van der Waals surface area contributed by atoms with Crippen LogP contribution in [0, 0.1) is 17.3 Å². The molecule has 0 bridgehead atoms. The Bertz CT molecular complexity index is 348. The zero-order valence-corrected chi connectivity index (χ0v) is 11.9. The zero-order chi connectivity index (χ0) is 14.0. The van der Waals surface area contributed by atoms with Gasteiger partial charge in [-0.05, 0) is 49.9 Å². The Morgan fingerprint density at radius 3 is 2.32 bits per heavy atom. The van der Waals surface area contributed by atoms with E-state index in [1.807, 2.05) is 0 Å². The third kappa shape index (κ3) is 3.95. The van der Waals surface area contributed by atoms with Crippen molar-refractivity contribution in [2.75, 3.05) is 0 Å². The number of hydrogen-bond acceptors (Lipinski definition) is 2. The summed E-state index contributed by atoms with van der Waals surface area (Å²) >= 11 is 0. The first-order valence-electron chi connectivity index (χ1n) is 7.38. The lowest BCUT2D eigenvalue weighted by molar-refractivity contribution is -0.146. The fraction of sp³-hybridized carbons (Fsp3) is 0.867. The SMILES string of the molecule is CC1(C)CCC(CC(=O)NC2CC(C(=O)O)C2)CC1. The first-order chi connectivity index (χ1) is 8.85. The summed E-state index contributed by atoms with van der Waals surface area (Å²) in [5.74, 6) is -0.359. The molecule has 0 aliphatic heterocycles. The fourth-order valence-electron chi connectivity index (χ4n) is 3.15. The molecule has 108 valence electrons. The molecule has 0 spiro atoms. The monoisotopic (exact) mass is 267 g/mol. The van der Waals surface area contributed by atoms with Crippen molar-refractivity contribution in [1.82, 2.24) is 5.32 Å². The highest BCUT2D eigenvalue weighted by atomic mass is 16.4. The quantitative estimate of drug-likeness (QED) is 0.822. The van der Waals surface area contributed by atoms with Gasteiger partial charge in [0.2, 0.25) is 5.91 Å². The average Bonchev–Trinajstić information content (AvgIpc) is 2.25. The maximum Gasteiger partial charge on any atom is 0.306 e. The standard InChI is InChI=1S/C15H25NO3/c1-15(2)5-3-10(4-6-15)7-13(17)16-12-8-11(9-12)14(18)19/h10-12H,3-9H2,1-2H3,(H,16,17)(H,18,19). The Labute approximate surface area is 115 Å². The summed E-state index contributed by atoms with van der Waals surface area (Å²) < 4.78 is 0. The summed E-state index contributed by atoms with van der Waals surface area (Å²) in [7, 11) is 0. The van der Waals surface area contributed by atoms with E-state index in [0.29, 0.717) is 30.6 Å². The predicted molar refractivity (Wildman–Crippen MR) is 72.6 cm³/mol. The van der Waals surface area contributed by atoms with Gasteiger partial charge in [-0.15, -0.1) is 0 Å². The van der Waals surface area contributed by atoms with Crippen LogP contribution in [0.3, 0.4) is 0 Å². The Kier molecular flexibility index (Phi) is 4.16. The lowest BCUT2D eigenvalue weighted by Gasteiger charge is -2.35. The van der Waals surface area contributed by atoms with Crippen molar-refractivity contribution in [3.8, 4) is 0 Å². The van der Waals surface area contributed by atoms with Crippen molar-refractivity contribution in [3.63, 3.8) is 0 Å². The molecule has 2 N–H and O–H groups in total. The van der Waals surface area contributed by atoms with E-state index in [0.717, 1.165) is 12.8 Å². The van der Waals surface area contributed by atoms with Gasteiger partial charge in [-0.2, -0.15) is 0 Å². The number of nitrogens with one attached hydrogen (secondary N) is 1. The highest BCUT2D eigenvalue weighted by Crippen LogP contribution is 2.39. The van der Waals surface area contributed by atoms with Gasteiger partial charge < -0.3 is 10.4 Å². The molecule has 2 aliphatic rings. The molecule has 2 aliphatic carbocycles. The topological polar surface area (TPSA) is 66.4 Å². The minimum atomic E-state index is -0.736. The number of rotatable bonds is 4. The number of carbonyl (C=O) groups is 2. The minimum absolute atomic E-state index is 0.0913. The maximum absolute atomic E-state index is 11.9. The summed E-state index contributed by atoms with van der Waals surface area (Å²) in [5.41, 5.74) is 0.440. The summed E-state index contributed by atoms with van der Waals surface area (Å²) in [5, 5.41) is 11.7. The Morgan fingerprint density at radius 1 is 1.21 bits per heavy atom. The minimum Gasteiger partial charge on any atom is -0.481 e. The van der Waals surface area contributed by atoms with Crippen LogP contribution in [0.15, 0.2) is 0 Å². The molecule has 2 rings (SSSR count). The zero-order valence-electron chi connectivity index (χ0n) is 11.9. The van der Waals surface area contributed by atoms with Gasteiger partial charge in [-0.25, -0.2) is 0 Å². The number of amides is 1. The van der Waals surface area contributed by atoms with Gasteiger partial charge in [0.25, 0.3) is 0 Å². The molecule has 0 atom stereocenters. The van der Waals surface area contributed by atoms with Crippen LogP contribution in [0.25, 0.3) is 0 Å². The van der Waals surface area contributed by atoms with Crippen LogP contribution in [0.1, 0.15) is 58.8 Å². The normalized spacial score (nSPS) is 30.4. The number of aliphatic carboxylic acids is 1. The summed E-state index contributed by atoms with van der Waals surface area (Å²) in [4.78, 5) is 22.6. The van der Waals surface area contributed by atoms with Crippen LogP contribution in [0.2, 0.25) is 0 Å². The second-order valence-electron chi connectivity index (χ2n) is 7.08. The van der Waals surface area contributed by atoms with Crippen molar-refractivity contribution in [1.29, 1.82) is 0 Å². The first kappa shape index (κ1) is 14.4. The Hall–Kier alpha value is -1.06. The molecule has 4 nitrogen and oxygen atoms in total.